The van der Waals surface area contributed by atoms with Crippen LogP contribution in [0.1, 0.15) is 25.0 Å². The number of nitrogens with one attached hydrogen (secondary N) is 1. The molecule has 0 heterocycles. The van der Waals surface area contributed by atoms with E-state index < -0.39 is 17.8 Å². The Kier molecular flexibility index (Phi) is 5.54. The first-order chi connectivity index (χ1) is 11.8. The molecule has 130 valence electrons. The molecule has 0 radical (unpaired) electrons. The highest BCUT2D eigenvalue weighted by Gasteiger charge is 2.21. The van der Waals surface area contributed by atoms with Gasteiger partial charge >= 0.3 is 6.03 Å². The number of urea groups is 1. The molecular weight excluding hydrogens is 320 g/mol. The number of nitrogens with zero attached hydrogens (tertiary/aromatic N) is 1. The van der Waals surface area contributed by atoms with E-state index in [0.717, 1.165) is 16.0 Å². The molecule has 0 aliphatic heterocycles. The van der Waals surface area contributed by atoms with E-state index in [1.54, 1.807) is 18.2 Å². The van der Waals surface area contributed by atoms with Gasteiger partial charge in [0.15, 0.2) is 0 Å². The molecule has 25 heavy (non-hydrogen) atoms. The Hall–Kier alpha value is -3.15. The highest BCUT2D eigenvalue weighted by molar-refractivity contribution is 6.16. The number of aryl methyl sites for hydroxylation is 2. The van der Waals surface area contributed by atoms with Crippen LogP contribution in [0, 0.1) is 13.8 Å². The topological polar surface area (TPSA) is 75.7 Å². The largest absolute Gasteiger partial charge is 0.457 e. The number of ether oxygens (including phenoxy) is 1. The van der Waals surface area contributed by atoms with Crippen LogP contribution in [0.3, 0.4) is 0 Å². The summed E-state index contributed by atoms with van der Waals surface area (Å²) in [7, 11) is 0. The lowest BCUT2D eigenvalue weighted by Crippen LogP contribution is -2.44. The summed E-state index contributed by atoms with van der Waals surface area (Å²) in [4.78, 5) is 35.8. The van der Waals surface area contributed by atoms with Crippen LogP contribution >= 0.6 is 0 Å². The lowest BCUT2D eigenvalue weighted by atomic mass is 10.2. The summed E-state index contributed by atoms with van der Waals surface area (Å²) >= 11 is 0. The molecule has 1 N–H and O–H groups in total. The van der Waals surface area contributed by atoms with Gasteiger partial charge in [0.1, 0.15) is 11.5 Å². The Morgan fingerprint density at radius 2 is 1.60 bits per heavy atom. The fourth-order valence-electron chi connectivity index (χ4n) is 2.27. The van der Waals surface area contributed by atoms with Crippen LogP contribution in [0.25, 0.3) is 0 Å². The number of hydrogen-bond donors (Lipinski definition) is 1. The minimum Gasteiger partial charge on any atom is -0.457 e. The highest BCUT2D eigenvalue weighted by Crippen LogP contribution is 2.29. The van der Waals surface area contributed by atoms with Gasteiger partial charge in [-0.1, -0.05) is 17.7 Å². The predicted molar refractivity (Wildman–Crippen MR) is 94.8 cm³/mol. The SMILES string of the molecule is CC(=O)NC(=O)N(C(C)=O)c1ccc(Oc2ccc(C)cc2)c(C)c1. The van der Waals surface area contributed by atoms with E-state index in [0.29, 0.717) is 17.2 Å². The van der Waals surface area contributed by atoms with Crippen molar-refractivity contribution >= 4 is 23.5 Å². The molecule has 4 amide bonds. The minimum atomic E-state index is -0.786. The number of amides is 4. The van der Waals surface area contributed by atoms with Gasteiger partial charge in [-0.2, -0.15) is 0 Å². The zero-order valence-electron chi connectivity index (χ0n) is 14.6. The molecule has 0 aliphatic rings. The minimum absolute atomic E-state index is 0.361. The van der Waals surface area contributed by atoms with Crippen LogP contribution < -0.4 is 15.0 Å². The second-order valence-electron chi connectivity index (χ2n) is 5.71. The molecule has 2 rings (SSSR count). The molecule has 0 unspecified atom stereocenters. The van der Waals surface area contributed by atoms with Gasteiger partial charge in [0.2, 0.25) is 11.8 Å². The van der Waals surface area contributed by atoms with Gasteiger partial charge in [-0.3, -0.25) is 14.9 Å². The molecule has 2 aromatic carbocycles. The van der Waals surface area contributed by atoms with Crippen LogP contribution in [0.2, 0.25) is 0 Å². The molecular formula is C19H20N2O4. The Labute approximate surface area is 146 Å². The van der Waals surface area contributed by atoms with Gasteiger partial charge in [0, 0.05) is 13.8 Å². The molecule has 0 fully saturated rings. The van der Waals surface area contributed by atoms with E-state index in [1.165, 1.54) is 13.8 Å². The summed E-state index contributed by atoms with van der Waals surface area (Å²) in [6, 6.07) is 11.8. The summed E-state index contributed by atoms with van der Waals surface area (Å²) in [6.45, 7) is 6.27. The van der Waals surface area contributed by atoms with Crippen LogP contribution in [0.4, 0.5) is 10.5 Å². The number of hydrogen-bond acceptors (Lipinski definition) is 4. The zero-order chi connectivity index (χ0) is 18.6. The van der Waals surface area contributed by atoms with E-state index >= 15 is 0 Å². The second-order valence-corrected chi connectivity index (χ2v) is 5.71. The highest BCUT2D eigenvalue weighted by atomic mass is 16.5. The van der Waals surface area contributed by atoms with Crippen molar-refractivity contribution in [3.63, 3.8) is 0 Å². The van der Waals surface area contributed by atoms with Crippen LogP contribution in [0.15, 0.2) is 42.5 Å². The van der Waals surface area contributed by atoms with Crippen molar-refractivity contribution in [1.29, 1.82) is 0 Å². The van der Waals surface area contributed by atoms with Crippen molar-refractivity contribution < 1.29 is 19.1 Å². The lowest BCUT2D eigenvalue weighted by molar-refractivity contribution is -0.117. The predicted octanol–water partition coefficient (Wildman–Crippen LogP) is 3.70. The third-order valence-corrected chi connectivity index (χ3v) is 3.47. The smallest absolute Gasteiger partial charge is 0.335 e. The maximum Gasteiger partial charge on any atom is 0.335 e. The first-order valence-corrected chi connectivity index (χ1v) is 7.75. The van der Waals surface area contributed by atoms with Crippen molar-refractivity contribution in [2.45, 2.75) is 27.7 Å². The zero-order valence-corrected chi connectivity index (χ0v) is 14.6. The van der Waals surface area contributed by atoms with Crippen molar-refractivity contribution in [2.75, 3.05) is 4.90 Å². The van der Waals surface area contributed by atoms with Crippen LogP contribution in [-0.2, 0) is 9.59 Å². The standard InChI is InChI=1S/C19H20N2O4/c1-12-5-8-17(9-6-12)25-18-10-7-16(11-13(18)2)21(15(4)23)19(24)20-14(3)22/h5-11H,1-4H3,(H,20,22,24). The molecule has 6 nitrogen and oxygen atoms in total. The number of rotatable bonds is 3. The third-order valence-electron chi connectivity index (χ3n) is 3.47. The Balaban J connectivity index is 2.27. The van der Waals surface area contributed by atoms with Crippen molar-refractivity contribution in [2.24, 2.45) is 0 Å². The molecule has 6 heteroatoms. The molecule has 2 aromatic rings. The van der Waals surface area contributed by atoms with Gasteiger partial charge < -0.3 is 4.74 Å². The quantitative estimate of drug-likeness (QED) is 0.924. The number of anilines is 1. The third kappa shape index (κ3) is 4.67. The molecule has 0 saturated carbocycles. The number of carbonyl (C=O) groups is 3. The van der Waals surface area contributed by atoms with E-state index in [4.69, 9.17) is 4.74 Å². The van der Waals surface area contributed by atoms with Crippen molar-refractivity contribution in [3.8, 4) is 11.5 Å². The summed E-state index contributed by atoms with van der Waals surface area (Å²) in [6.07, 6.45) is 0. The second kappa shape index (κ2) is 7.61. The summed E-state index contributed by atoms with van der Waals surface area (Å²) in [5.74, 6) is 0.278. The number of carbonyl (C=O) groups excluding carboxylic acids is 3. The van der Waals surface area contributed by atoms with Crippen molar-refractivity contribution in [3.05, 3.63) is 53.6 Å². The van der Waals surface area contributed by atoms with Gasteiger partial charge in [-0.15, -0.1) is 0 Å². The van der Waals surface area contributed by atoms with Gasteiger partial charge in [-0.25, -0.2) is 9.69 Å². The normalized spacial score (nSPS) is 10.1. The first-order valence-electron chi connectivity index (χ1n) is 7.75. The van der Waals surface area contributed by atoms with E-state index in [1.807, 2.05) is 38.1 Å². The molecule has 0 saturated heterocycles. The molecule has 0 bridgehead atoms. The molecule has 0 atom stereocenters. The summed E-state index contributed by atoms with van der Waals surface area (Å²) < 4.78 is 5.83. The maximum atomic E-state index is 12.1. The van der Waals surface area contributed by atoms with Crippen molar-refractivity contribution in [1.82, 2.24) is 5.32 Å². The lowest BCUT2D eigenvalue weighted by Gasteiger charge is -2.20. The first kappa shape index (κ1) is 18.2. The summed E-state index contributed by atoms with van der Waals surface area (Å²) in [5, 5.41) is 2.10. The average molecular weight is 340 g/mol. The fourth-order valence-corrected chi connectivity index (χ4v) is 2.27. The van der Waals surface area contributed by atoms with Gasteiger partial charge in [0.05, 0.1) is 5.69 Å². The fraction of sp³-hybridized carbons (Fsp3) is 0.211. The Morgan fingerprint density at radius 3 is 2.12 bits per heavy atom. The Bertz CT molecular complexity index is 813. The van der Waals surface area contributed by atoms with Gasteiger partial charge in [0.25, 0.3) is 0 Å². The van der Waals surface area contributed by atoms with Crippen LogP contribution in [0.5, 0.6) is 11.5 Å². The van der Waals surface area contributed by atoms with E-state index in [-0.39, 0.29) is 0 Å². The molecule has 0 spiro atoms. The maximum absolute atomic E-state index is 12.1. The average Bonchev–Trinajstić information content (AvgIpc) is 2.51. The molecule has 0 aliphatic carbocycles. The van der Waals surface area contributed by atoms with Crippen LogP contribution in [-0.4, -0.2) is 17.8 Å². The monoisotopic (exact) mass is 340 g/mol. The van der Waals surface area contributed by atoms with E-state index in [2.05, 4.69) is 5.32 Å². The summed E-state index contributed by atoms with van der Waals surface area (Å²) in [5.41, 5.74) is 2.24. The number of imide groups is 2. The molecule has 0 aromatic heterocycles. The van der Waals surface area contributed by atoms with Gasteiger partial charge in [-0.05, 0) is 49.7 Å². The van der Waals surface area contributed by atoms with E-state index in [9.17, 15) is 14.4 Å². The Morgan fingerprint density at radius 1 is 0.960 bits per heavy atom. The number of benzene rings is 2.